The summed E-state index contributed by atoms with van der Waals surface area (Å²) in [5.41, 5.74) is 1.45. The summed E-state index contributed by atoms with van der Waals surface area (Å²) >= 11 is 5.91. The zero-order valence-electron chi connectivity index (χ0n) is 17.9. The van der Waals surface area contributed by atoms with Crippen molar-refractivity contribution < 1.29 is 22.7 Å². The van der Waals surface area contributed by atoms with Crippen molar-refractivity contribution in [1.29, 1.82) is 0 Å². The molecular formula is C24H23ClN2O5S. The molecule has 3 aromatic carbocycles. The minimum Gasteiger partial charge on any atom is -0.492 e. The maximum atomic E-state index is 13.3. The van der Waals surface area contributed by atoms with Gasteiger partial charge in [0.15, 0.2) is 6.10 Å². The molecule has 3 aromatic rings. The molecule has 0 aromatic heterocycles. The van der Waals surface area contributed by atoms with Crippen LogP contribution < -0.4 is 19.1 Å². The van der Waals surface area contributed by atoms with Gasteiger partial charge in [-0.2, -0.15) is 0 Å². The number of nitrogens with zero attached hydrogens (tertiary/aromatic N) is 1. The number of ether oxygens (including phenoxy) is 2. The number of amides is 1. The number of aryl methyl sites for hydroxylation is 1. The Bertz CT molecular complexity index is 1250. The lowest BCUT2D eigenvalue weighted by atomic mass is 10.2. The molecular weight excluding hydrogens is 464 g/mol. The molecule has 0 bridgehead atoms. The third-order valence-electron chi connectivity index (χ3n) is 5.09. The number of anilines is 1. The highest BCUT2D eigenvalue weighted by Gasteiger charge is 2.37. The van der Waals surface area contributed by atoms with Gasteiger partial charge in [-0.25, -0.2) is 8.42 Å². The Morgan fingerprint density at radius 2 is 1.88 bits per heavy atom. The highest BCUT2D eigenvalue weighted by atomic mass is 35.5. The molecule has 1 unspecified atom stereocenters. The largest absolute Gasteiger partial charge is 0.492 e. The third kappa shape index (κ3) is 5.23. The molecule has 0 saturated heterocycles. The molecule has 1 aliphatic heterocycles. The molecule has 1 aliphatic rings. The second kappa shape index (κ2) is 9.72. The first-order valence-corrected chi connectivity index (χ1v) is 12.2. The molecule has 7 nitrogen and oxygen atoms in total. The average molecular weight is 487 g/mol. The Morgan fingerprint density at radius 1 is 1.12 bits per heavy atom. The maximum absolute atomic E-state index is 13.3. The first kappa shape index (κ1) is 22.9. The van der Waals surface area contributed by atoms with Crippen LogP contribution in [0.5, 0.6) is 11.5 Å². The highest BCUT2D eigenvalue weighted by molar-refractivity contribution is 7.92. The second-order valence-corrected chi connectivity index (χ2v) is 9.82. The van der Waals surface area contributed by atoms with E-state index in [9.17, 15) is 13.2 Å². The molecule has 0 saturated carbocycles. The number of hydrogen-bond acceptors (Lipinski definition) is 5. The highest BCUT2D eigenvalue weighted by Crippen LogP contribution is 2.36. The Morgan fingerprint density at radius 3 is 2.64 bits per heavy atom. The standard InChI is InChI=1S/C24H23ClN2O5S/c1-17-5-4-6-19(15-17)31-14-13-26-24(28)23-16-27(21-7-2-3-8-22(21)32-23)33(29,30)20-11-9-18(25)10-12-20/h2-12,15,23H,13-14,16H2,1H3,(H,26,28). The van der Waals surface area contributed by atoms with Crippen LogP contribution in [0.2, 0.25) is 5.02 Å². The zero-order valence-corrected chi connectivity index (χ0v) is 19.5. The Hall–Kier alpha value is -3.23. The smallest absolute Gasteiger partial charge is 0.264 e. The van der Waals surface area contributed by atoms with E-state index in [0.29, 0.717) is 22.2 Å². The Balaban J connectivity index is 1.46. The van der Waals surface area contributed by atoms with Crippen molar-refractivity contribution in [1.82, 2.24) is 5.32 Å². The van der Waals surface area contributed by atoms with Crippen LogP contribution in [0.1, 0.15) is 5.56 Å². The van der Waals surface area contributed by atoms with Crippen molar-refractivity contribution in [2.24, 2.45) is 0 Å². The summed E-state index contributed by atoms with van der Waals surface area (Å²) in [6.45, 7) is 2.33. The van der Waals surface area contributed by atoms with Crippen molar-refractivity contribution in [3.63, 3.8) is 0 Å². The predicted octanol–water partition coefficient (Wildman–Crippen LogP) is 3.80. The van der Waals surface area contributed by atoms with Gasteiger partial charge >= 0.3 is 0 Å². The monoisotopic (exact) mass is 486 g/mol. The summed E-state index contributed by atoms with van der Waals surface area (Å²) in [5.74, 6) is 0.610. The van der Waals surface area contributed by atoms with Crippen LogP contribution in [0.4, 0.5) is 5.69 Å². The van der Waals surface area contributed by atoms with Crippen LogP contribution >= 0.6 is 11.6 Å². The molecule has 33 heavy (non-hydrogen) atoms. The van der Waals surface area contributed by atoms with Gasteiger partial charge in [-0.15, -0.1) is 0 Å². The summed E-state index contributed by atoms with van der Waals surface area (Å²) < 4.78 is 39.4. The molecule has 9 heteroatoms. The van der Waals surface area contributed by atoms with Crippen LogP contribution in [0, 0.1) is 6.92 Å². The Labute approximate surface area is 197 Å². The molecule has 1 amide bonds. The van der Waals surface area contributed by atoms with Crippen molar-refractivity contribution >= 4 is 33.2 Å². The molecule has 1 N–H and O–H groups in total. The van der Waals surface area contributed by atoms with Gasteiger partial charge in [0.25, 0.3) is 15.9 Å². The summed E-state index contributed by atoms with van der Waals surface area (Å²) in [5, 5.41) is 3.19. The van der Waals surface area contributed by atoms with Gasteiger partial charge in [-0.05, 0) is 61.0 Å². The SMILES string of the molecule is Cc1cccc(OCCNC(=O)C2CN(S(=O)(=O)c3ccc(Cl)cc3)c3ccccc3O2)c1. The minimum absolute atomic E-state index is 0.0781. The van der Waals surface area contributed by atoms with Crippen LogP contribution in [-0.4, -0.2) is 40.1 Å². The van der Waals surface area contributed by atoms with Crippen molar-refractivity contribution in [2.75, 3.05) is 24.0 Å². The number of para-hydroxylation sites is 2. The van der Waals surface area contributed by atoms with Crippen LogP contribution in [0.25, 0.3) is 0 Å². The fraction of sp³-hybridized carbons (Fsp3) is 0.208. The summed E-state index contributed by atoms with van der Waals surface area (Å²) in [6, 6.07) is 20.2. The average Bonchev–Trinajstić information content (AvgIpc) is 2.81. The lowest BCUT2D eigenvalue weighted by Crippen LogP contribution is -2.51. The van der Waals surface area contributed by atoms with E-state index in [-0.39, 0.29) is 24.6 Å². The fourth-order valence-corrected chi connectivity index (χ4v) is 5.06. The summed E-state index contributed by atoms with van der Waals surface area (Å²) in [7, 11) is -3.93. The fourth-order valence-electron chi connectivity index (χ4n) is 3.46. The number of halogens is 1. The molecule has 172 valence electrons. The van der Waals surface area contributed by atoms with Gasteiger partial charge in [0.05, 0.1) is 23.7 Å². The zero-order chi connectivity index (χ0) is 23.4. The summed E-state index contributed by atoms with van der Waals surface area (Å²) in [6.07, 6.45) is -1.01. The van der Waals surface area contributed by atoms with Crippen molar-refractivity contribution in [3.8, 4) is 11.5 Å². The number of sulfonamides is 1. The van der Waals surface area contributed by atoms with E-state index >= 15 is 0 Å². The first-order chi connectivity index (χ1) is 15.8. The van der Waals surface area contributed by atoms with E-state index < -0.39 is 22.0 Å². The number of carbonyl (C=O) groups excluding carboxylic acids is 1. The van der Waals surface area contributed by atoms with Crippen LogP contribution in [-0.2, 0) is 14.8 Å². The van der Waals surface area contributed by atoms with Crippen LogP contribution in [0.15, 0.2) is 77.7 Å². The molecule has 0 aliphatic carbocycles. The number of nitrogens with one attached hydrogen (secondary N) is 1. The van der Waals surface area contributed by atoms with E-state index in [1.807, 2.05) is 31.2 Å². The van der Waals surface area contributed by atoms with E-state index in [4.69, 9.17) is 21.1 Å². The molecule has 0 radical (unpaired) electrons. The van der Waals surface area contributed by atoms with Crippen molar-refractivity contribution in [2.45, 2.75) is 17.9 Å². The quantitative estimate of drug-likeness (QED) is 0.513. The lowest BCUT2D eigenvalue weighted by molar-refractivity contribution is -0.127. The molecule has 0 fully saturated rings. The molecule has 4 rings (SSSR count). The van der Waals surface area contributed by atoms with E-state index in [0.717, 1.165) is 5.56 Å². The number of carbonyl (C=O) groups is 1. The van der Waals surface area contributed by atoms with Crippen molar-refractivity contribution in [3.05, 3.63) is 83.4 Å². The third-order valence-corrected chi connectivity index (χ3v) is 7.13. The van der Waals surface area contributed by atoms with Gasteiger partial charge < -0.3 is 14.8 Å². The maximum Gasteiger partial charge on any atom is 0.264 e. The van der Waals surface area contributed by atoms with Gasteiger partial charge in [0, 0.05) is 5.02 Å². The lowest BCUT2D eigenvalue weighted by Gasteiger charge is -2.34. The molecule has 0 spiro atoms. The number of fused-ring (bicyclic) bond motifs is 1. The first-order valence-electron chi connectivity index (χ1n) is 10.4. The van der Waals surface area contributed by atoms with E-state index in [2.05, 4.69) is 5.32 Å². The summed E-state index contributed by atoms with van der Waals surface area (Å²) in [4.78, 5) is 12.9. The van der Waals surface area contributed by atoms with E-state index in [1.165, 1.54) is 28.6 Å². The number of benzene rings is 3. The number of rotatable bonds is 7. The van der Waals surface area contributed by atoms with E-state index in [1.54, 1.807) is 24.3 Å². The van der Waals surface area contributed by atoms with Gasteiger partial charge in [-0.1, -0.05) is 35.9 Å². The Kier molecular flexibility index (Phi) is 6.76. The van der Waals surface area contributed by atoms with Crippen LogP contribution in [0.3, 0.4) is 0 Å². The number of hydrogen-bond donors (Lipinski definition) is 1. The normalized spacial score (nSPS) is 15.3. The van der Waals surface area contributed by atoms with Gasteiger partial charge in [0.1, 0.15) is 18.1 Å². The second-order valence-electron chi connectivity index (χ2n) is 7.52. The molecule has 1 heterocycles. The topological polar surface area (TPSA) is 84.9 Å². The van der Waals surface area contributed by atoms with Gasteiger partial charge in [-0.3, -0.25) is 9.10 Å². The molecule has 1 atom stereocenters. The van der Waals surface area contributed by atoms with Gasteiger partial charge in [0.2, 0.25) is 0 Å². The predicted molar refractivity (Wildman–Crippen MR) is 127 cm³/mol. The minimum atomic E-state index is -3.93.